The lowest BCUT2D eigenvalue weighted by Gasteiger charge is -2.39. The SMILES string of the molecule is CCCC(C(N)=NO)N1CCN(c2ccncc2)CC1. The van der Waals surface area contributed by atoms with Crippen molar-refractivity contribution in [1.29, 1.82) is 0 Å². The standard InChI is InChI=1S/C14H23N5O/c1-2-3-13(14(15)17-20)19-10-8-18(9-11-19)12-4-6-16-7-5-12/h4-7,13,20H,2-3,8-11H2,1H3,(H2,15,17). The monoisotopic (exact) mass is 277 g/mol. The van der Waals surface area contributed by atoms with Crippen molar-refractivity contribution in [2.75, 3.05) is 31.1 Å². The number of oxime groups is 1. The average molecular weight is 277 g/mol. The predicted octanol–water partition coefficient (Wildman–Crippen LogP) is 1.12. The lowest BCUT2D eigenvalue weighted by atomic mass is 10.1. The number of pyridine rings is 1. The Morgan fingerprint density at radius 1 is 1.35 bits per heavy atom. The summed E-state index contributed by atoms with van der Waals surface area (Å²) in [6.07, 6.45) is 5.58. The molecule has 0 radical (unpaired) electrons. The number of nitrogens with two attached hydrogens (primary N) is 1. The molecule has 2 rings (SSSR count). The second-order valence-electron chi connectivity index (χ2n) is 5.06. The molecule has 0 spiro atoms. The highest BCUT2D eigenvalue weighted by Gasteiger charge is 2.26. The zero-order valence-electron chi connectivity index (χ0n) is 11.9. The zero-order valence-corrected chi connectivity index (χ0v) is 11.9. The molecule has 1 aromatic rings. The van der Waals surface area contributed by atoms with Gasteiger partial charge in [-0.05, 0) is 18.6 Å². The molecule has 3 N–H and O–H groups in total. The third-order valence-corrected chi connectivity index (χ3v) is 3.80. The van der Waals surface area contributed by atoms with Gasteiger partial charge in [-0.25, -0.2) is 0 Å². The molecule has 6 heteroatoms. The molecule has 20 heavy (non-hydrogen) atoms. The van der Waals surface area contributed by atoms with Crippen LogP contribution in [0.25, 0.3) is 0 Å². The Balaban J connectivity index is 1.96. The van der Waals surface area contributed by atoms with Gasteiger partial charge in [0.05, 0.1) is 6.04 Å². The molecule has 6 nitrogen and oxygen atoms in total. The first-order chi connectivity index (χ1) is 9.76. The number of rotatable bonds is 5. The quantitative estimate of drug-likeness (QED) is 0.365. The van der Waals surface area contributed by atoms with E-state index < -0.39 is 0 Å². The van der Waals surface area contributed by atoms with Crippen LogP contribution in [0.15, 0.2) is 29.7 Å². The van der Waals surface area contributed by atoms with E-state index in [9.17, 15) is 0 Å². The predicted molar refractivity (Wildman–Crippen MR) is 80.1 cm³/mol. The Labute approximate surface area is 119 Å². The van der Waals surface area contributed by atoms with Crippen LogP contribution in [0.4, 0.5) is 5.69 Å². The van der Waals surface area contributed by atoms with Gasteiger partial charge in [0, 0.05) is 44.3 Å². The Morgan fingerprint density at radius 2 is 2.00 bits per heavy atom. The van der Waals surface area contributed by atoms with Crippen molar-refractivity contribution in [3.8, 4) is 0 Å². The van der Waals surface area contributed by atoms with E-state index in [1.807, 2.05) is 24.5 Å². The Morgan fingerprint density at radius 3 is 2.55 bits per heavy atom. The smallest absolute Gasteiger partial charge is 0.156 e. The number of nitrogens with zero attached hydrogens (tertiary/aromatic N) is 4. The molecule has 0 bridgehead atoms. The maximum Gasteiger partial charge on any atom is 0.156 e. The summed E-state index contributed by atoms with van der Waals surface area (Å²) >= 11 is 0. The third kappa shape index (κ3) is 3.39. The molecular weight excluding hydrogens is 254 g/mol. The number of hydrogen-bond donors (Lipinski definition) is 2. The van der Waals surface area contributed by atoms with Crippen LogP contribution in [0.5, 0.6) is 0 Å². The van der Waals surface area contributed by atoms with E-state index >= 15 is 0 Å². The van der Waals surface area contributed by atoms with Crippen molar-refractivity contribution in [2.24, 2.45) is 10.9 Å². The van der Waals surface area contributed by atoms with Gasteiger partial charge >= 0.3 is 0 Å². The van der Waals surface area contributed by atoms with E-state index in [2.05, 4.69) is 26.9 Å². The summed E-state index contributed by atoms with van der Waals surface area (Å²) in [5, 5.41) is 12.1. The van der Waals surface area contributed by atoms with E-state index in [-0.39, 0.29) is 6.04 Å². The molecule has 0 amide bonds. The van der Waals surface area contributed by atoms with Gasteiger partial charge in [-0.15, -0.1) is 0 Å². The van der Waals surface area contributed by atoms with Crippen LogP contribution in [-0.2, 0) is 0 Å². The number of amidine groups is 1. The maximum atomic E-state index is 8.91. The third-order valence-electron chi connectivity index (χ3n) is 3.80. The fourth-order valence-electron chi connectivity index (χ4n) is 2.70. The molecule has 2 heterocycles. The molecular formula is C14H23N5O. The number of hydrogen-bond acceptors (Lipinski definition) is 5. The number of piperazine rings is 1. The first-order valence-corrected chi connectivity index (χ1v) is 7.12. The second kappa shape index (κ2) is 7.09. The normalized spacial score (nSPS) is 19.1. The van der Waals surface area contributed by atoms with Gasteiger partial charge in [-0.3, -0.25) is 9.88 Å². The molecule has 110 valence electrons. The van der Waals surface area contributed by atoms with E-state index in [0.29, 0.717) is 5.84 Å². The van der Waals surface area contributed by atoms with Gasteiger partial charge in [0.25, 0.3) is 0 Å². The topological polar surface area (TPSA) is 78.0 Å². The summed E-state index contributed by atoms with van der Waals surface area (Å²) in [4.78, 5) is 8.69. The van der Waals surface area contributed by atoms with E-state index in [1.165, 1.54) is 5.69 Å². The van der Waals surface area contributed by atoms with Gasteiger partial charge < -0.3 is 15.8 Å². The molecule has 1 fully saturated rings. The van der Waals surface area contributed by atoms with Crippen LogP contribution >= 0.6 is 0 Å². The molecule has 0 aromatic carbocycles. The van der Waals surface area contributed by atoms with Gasteiger partial charge in [-0.2, -0.15) is 0 Å². The van der Waals surface area contributed by atoms with E-state index in [4.69, 9.17) is 10.9 Å². The molecule has 1 aliphatic heterocycles. The van der Waals surface area contributed by atoms with Gasteiger partial charge in [-0.1, -0.05) is 18.5 Å². The highest BCUT2D eigenvalue weighted by Crippen LogP contribution is 2.17. The zero-order chi connectivity index (χ0) is 14.4. The van der Waals surface area contributed by atoms with Crippen molar-refractivity contribution in [2.45, 2.75) is 25.8 Å². The minimum atomic E-state index is 0.0459. The fraction of sp³-hybridized carbons (Fsp3) is 0.571. The van der Waals surface area contributed by atoms with Crippen LogP contribution in [0.1, 0.15) is 19.8 Å². The van der Waals surface area contributed by atoms with Gasteiger partial charge in [0.2, 0.25) is 0 Å². The molecule has 1 atom stereocenters. The van der Waals surface area contributed by atoms with Crippen molar-refractivity contribution in [3.05, 3.63) is 24.5 Å². The summed E-state index contributed by atoms with van der Waals surface area (Å²) in [5.41, 5.74) is 7.02. The average Bonchev–Trinajstić information content (AvgIpc) is 2.53. The summed E-state index contributed by atoms with van der Waals surface area (Å²) in [5.74, 6) is 0.323. The Bertz CT molecular complexity index is 428. The van der Waals surface area contributed by atoms with Crippen LogP contribution in [0.3, 0.4) is 0 Å². The first kappa shape index (κ1) is 14.6. The maximum absolute atomic E-state index is 8.91. The number of anilines is 1. The lowest BCUT2D eigenvalue weighted by molar-refractivity contribution is 0.211. The van der Waals surface area contributed by atoms with Crippen molar-refractivity contribution >= 4 is 11.5 Å². The minimum absolute atomic E-state index is 0.0459. The summed E-state index contributed by atoms with van der Waals surface area (Å²) < 4.78 is 0. The summed E-state index contributed by atoms with van der Waals surface area (Å²) in [7, 11) is 0. The molecule has 0 aliphatic carbocycles. The van der Waals surface area contributed by atoms with E-state index in [0.717, 1.165) is 39.0 Å². The molecule has 1 aliphatic rings. The first-order valence-electron chi connectivity index (χ1n) is 7.12. The molecule has 1 aromatic heterocycles. The van der Waals surface area contributed by atoms with Crippen LogP contribution in [0.2, 0.25) is 0 Å². The van der Waals surface area contributed by atoms with Crippen LogP contribution in [-0.4, -0.2) is 53.1 Å². The molecule has 1 unspecified atom stereocenters. The van der Waals surface area contributed by atoms with Crippen LogP contribution < -0.4 is 10.6 Å². The second-order valence-corrected chi connectivity index (χ2v) is 5.06. The summed E-state index contributed by atoms with van der Waals surface area (Å²) in [6.45, 7) is 5.85. The van der Waals surface area contributed by atoms with E-state index in [1.54, 1.807) is 0 Å². The summed E-state index contributed by atoms with van der Waals surface area (Å²) in [6, 6.07) is 4.11. The van der Waals surface area contributed by atoms with Crippen LogP contribution in [0, 0.1) is 0 Å². The Kier molecular flexibility index (Phi) is 5.17. The van der Waals surface area contributed by atoms with Crippen molar-refractivity contribution in [3.63, 3.8) is 0 Å². The largest absolute Gasteiger partial charge is 0.409 e. The van der Waals surface area contributed by atoms with Gasteiger partial charge in [0.1, 0.15) is 0 Å². The highest BCUT2D eigenvalue weighted by atomic mass is 16.4. The Hall–Kier alpha value is -1.82. The highest BCUT2D eigenvalue weighted by molar-refractivity contribution is 5.85. The fourth-order valence-corrected chi connectivity index (χ4v) is 2.70. The molecule has 1 saturated heterocycles. The van der Waals surface area contributed by atoms with Gasteiger partial charge in [0.15, 0.2) is 5.84 Å². The lowest BCUT2D eigenvalue weighted by Crippen LogP contribution is -2.54. The van der Waals surface area contributed by atoms with Crippen molar-refractivity contribution in [1.82, 2.24) is 9.88 Å². The molecule has 0 saturated carbocycles. The van der Waals surface area contributed by atoms with Crippen molar-refractivity contribution < 1.29 is 5.21 Å². The number of aromatic nitrogens is 1. The minimum Gasteiger partial charge on any atom is -0.409 e.